The molecule has 4 atom stereocenters. The smallest absolute Gasteiger partial charge is 0.222 e. The average Bonchev–Trinajstić information content (AvgIpc) is 2.63. The minimum atomic E-state index is -1.27. The summed E-state index contributed by atoms with van der Waals surface area (Å²) >= 11 is 7.40. The van der Waals surface area contributed by atoms with Gasteiger partial charge in [0, 0.05) is 11.9 Å². The molecule has 7 nitrogen and oxygen atoms in total. The molecule has 0 bridgehead atoms. The first-order chi connectivity index (χ1) is 12.0. The van der Waals surface area contributed by atoms with Gasteiger partial charge in [0.05, 0.1) is 24.5 Å². The van der Waals surface area contributed by atoms with Gasteiger partial charge in [-0.05, 0) is 24.3 Å². The summed E-state index contributed by atoms with van der Waals surface area (Å²) in [4.78, 5) is 8.41. The molecular weight excluding hydrogens is 368 g/mol. The fourth-order valence-electron chi connectivity index (χ4n) is 2.42. The van der Waals surface area contributed by atoms with E-state index in [0.717, 1.165) is 0 Å². The highest BCUT2D eigenvalue weighted by Crippen LogP contribution is 2.34. The summed E-state index contributed by atoms with van der Waals surface area (Å²) in [6.07, 6.45) is -1.88. The lowest BCUT2D eigenvalue weighted by Crippen LogP contribution is -2.50. The second-order valence-corrected chi connectivity index (χ2v) is 6.90. The summed E-state index contributed by atoms with van der Waals surface area (Å²) in [5.41, 5.74) is 0.496. The van der Waals surface area contributed by atoms with Gasteiger partial charge < -0.3 is 24.8 Å². The SMILES string of the molecule is COc1ncccc1-c1ccc(O[C@@H]2SC[C@@H](O)[C@H](O)[C@H]2O)c(Cl)n1. The third-order valence-electron chi connectivity index (χ3n) is 3.75. The van der Waals surface area contributed by atoms with Gasteiger partial charge in [-0.15, -0.1) is 11.8 Å². The summed E-state index contributed by atoms with van der Waals surface area (Å²) in [5, 5.41) is 29.4. The first kappa shape index (κ1) is 18.2. The molecule has 9 heteroatoms. The molecule has 2 aromatic rings. The molecule has 1 aliphatic rings. The van der Waals surface area contributed by atoms with Crippen molar-refractivity contribution >= 4 is 23.4 Å². The fraction of sp³-hybridized carbons (Fsp3) is 0.375. The number of rotatable bonds is 4. The van der Waals surface area contributed by atoms with E-state index in [0.29, 0.717) is 17.1 Å². The molecule has 3 heterocycles. The van der Waals surface area contributed by atoms with Crippen molar-refractivity contribution in [2.45, 2.75) is 23.7 Å². The number of nitrogens with zero attached hydrogens (tertiary/aromatic N) is 2. The van der Waals surface area contributed by atoms with Crippen molar-refractivity contribution in [2.75, 3.05) is 12.9 Å². The number of ether oxygens (including phenoxy) is 2. The van der Waals surface area contributed by atoms with Gasteiger partial charge in [-0.25, -0.2) is 9.97 Å². The third kappa shape index (κ3) is 3.83. The molecule has 134 valence electrons. The van der Waals surface area contributed by atoms with Crippen molar-refractivity contribution in [1.29, 1.82) is 0 Å². The summed E-state index contributed by atoms with van der Waals surface area (Å²) in [7, 11) is 1.52. The highest BCUT2D eigenvalue weighted by Gasteiger charge is 2.38. The van der Waals surface area contributed by atoms with Gasteiger partial charge in [0.25, 0.3) is 0 Å². The Labute approximate surface area is 153 Å². The molecule has 0 aliphatic carbocycles. The number of methoxy groups -OCH3 is 1. The monoisotopic (exact) mass is 384 g/mol. The molecule has 1 fully saturated rings. The lowest BCUT2D eigenvalue weighted by Gasteiger charge is -2.34. The number of hydrogen-bond donors (Lipinski definition) is 3. The normalized spacial score (nSPS) is 26.3. The molecule has 3 rings (SSSR count). The maximum Gasteiger partial charge on any atom is 0.222 e. The number of aromatic nitrogens is 2. The Kier molecular flexibility index (Phi) is 5.65. The fourth-order valence-corrected chi connectivity index (χ4v) is 3.73. The van der Waals surface area contributed by atoms with Crippen molar-refractivity contribution in [2.24, 2.45) is 0 Å². The predicted octanol–water partition coefficient (Wildman–Crippen LogP) is 1.34. The Morgan fingerprint density at radius 3 is 2.72 bits per heavy atom. The molecule has 25 heavy (non-hydrogen) atoms. The second-order valence-electron chi connectivity index (χ2n) is 5.41. The maximum atomic E-state index is 10.0. The number of aliphatic hydroxyl groups is 3. The predicted molar refractivity (Wildman–Crippen MR) is 93.9 cm³/mol. The maximum absolute atomic E-state index is 10.0. The molecule has 3 N–H and O–H groups in total. The zero-order valence-electron chi connectivity index (χ0n) is 13.2. The van der Waals surface area contributed by atoms with Crippen molar-refractivity contribution in [3.05, 3.63) is 35.6 Å². The lowest BCUT2D eigenvalue weighted by atomic mass is 10.1. The van der Waals surface area contributed by atoms with E-state index in [1.807, 2.05) is 6.07 Å². The van der Waals surface area contributed by atoms with Crippen LogP contribution in [0.5, 0.6) is 11.6 Å². The number of halogens is 1. The first-order valence-corrected chi connectivity index (χ1v) is 8.92. The second kappa shape index (κ2) is 7.76. The van der Waals surface area contributed by atoms with E-state index < -0.39 is 23.7 Å². The van der Waals surface area contributed by atoms with E-state index in [4.69, 9.17) is 21.1 Å². The Morgan fingerprint density at radius 2 is 2.00 bits per heavy atom. The zero-order chi connectivity index (χ0) is 18.0. The van der Waals surface area contributed by atoms with Crippen molar-refractivity contribution in [1.82, 2.24) is 9.97 Å². The summed E-state index contributed by atoms with van der Waals surface area (Å²) in [6, 6.07) is 6.90. The molecule has 0 aromatic carbocycles. The van der Waals surface area contributed by atoms with Crippen LogP contribution in [-0.4, -0.2) is 61.9 Å². The quantitative estimate of drug-likeness (QED) is 0.678. The zero-order valence-corrected chi connectivity index (χ0v) is 14.8. The van der Waals surface area contributed by atoms with Crippen LogP contribution < -0.4 is 9.47 Å². The minimum absolute atomic E-state index is 0.108. The van der Waals surface area contributed by atoms with E-state index in [-0.39, 0.29) is 16.7 Å². The molecule has 0 spiro atoms. The largest absolute Gasteiger partial charge is 0.481 e. The number of aliphatic hydroxyl groups excluding tert-OH is 3. The molecule has 2 aromatic heterocycles. The van der Waals surface area contributed by atoms with Crippen LogP contribution in [0.2, 0.25) is 5.15 Å². The van der Waals surface area contributed by atoms with Crippen molar-refractivity contribution in [3.63, 3.8) is 0 Å². The van der Waals surface area contributed by atoms with Gasteiger partial charge in [0.2, 0.25) is 5.88 Å². The van der Waals surface area contributed by atoms with Crippen molar-refractivity contribution in [3.8, 4) is 22.9 Å². The Morgan fingerprint density at radius 1 is 1.20 bits per heavy atom. The molecule has 0 radical (unpaired) electrons. The van der Waals surface area contributed by atoms with E-state index in [9.17, 15) is 15.3 Å². The van der Waals surface area contributed by atoms with E-state index in [1.54, 1.807) is 24.4 Å². The molecule has 0 unspecified atom stereocenters. The van der Waals surface area contributed by atoms with Crippen molar-refractivity contribution < 1.29 is 24.8 Å². The topological polar surface area (TPSA) is 105 Å². The van der Waals surface area contributed by atoms with Gasteiger partial charge in [-0.1, -0.05) is 11.6 Å². The Balaban J connectivity index is 1.81. The average molecular weight is 385 g/mol. The molecule has 1 saturated heterocycles. The van der Waals surface area contributed by atoms with Crippen LogP contribution >= 0.6 is 23.4 Å². The van der Waals surface area contributed by atoms with Crippen LogP contribution in [0.25, 0.3) is 11.3 Å². The van der Waals surface area contributed by atoms with E-state index >= 15 is 0 Å². The first-order valence-electron chi connectivity index (χ1n) is 7.49. The van der Waals surface area contributed by atoms with Gasteiger partial charge >= 0.3 is 0 Å². The highest BCUT2D eigenvalue weighted by molar-refractivity contribution is 7.99. The number of pyridine rings is 2. The van der Waals surface area contributed by atoms with Crippen LogP contribution in [0.1, 0.15) is 0 Å². The van der Waals surface area contributed by atoms with Gasteiger partial charge in [0.1, 0.15) is 12.2 Å². The summed E-state index contributed by atoms with van der Waals surface area (Å²) < 4.78 is 10.9. The third-order valence-corrected chi connectivity index (χ3v) is 5.26. The van der Waals surface area contributed by atoms with Crippen LogP contribution in [0.15, 0.2) is 30.5 Å². The lowest BCUT2D eigenvalue weighted by molar-refractivity contribution is -0.0786. The van der Waals surface area contributed by atoms with Gasteiger partial charge in [0.15, 0.2) is 16.3 Å². The highest BCUT2D eigenvalue weighted by atomic mass is 35.5. The van der Waals surface area contributed by atoms with Gasteiger partial charge in [-0.3, -0.25) is 0 Å². The Hall–Kier alpha value is -1.58. The van der Waals surface area contributed by atoms with Crippen LogP contribution in [0.3, 0.4) is 0 Å². The number of hydrogen-bond acceptors (Lipinski definition) is 8. The minimum Gasteiger partial charge on any atom is -0.481 e. The molecular formula is C16H17ClN2O5S. The van der Waals surface area contributed by atoms with Crippen LogP contribution in [-0.2, 0) is 0 Å². The van der Waals surface area contributed by atoms with E-state index in [1.165, 1.54) is 18.9 Å². The summed E-state index contributed by atoms with van der Waals surface area (Å²) in [5.74, 6) is 0.947. The van der Waals surface area contributed by atoms with Gasteiger partial charge in [-0.2, -0.15) is 0 Å². The molecule has 0 amide bonds. The standard InChI is InChI=1S/C16H17ClN2O5S/c1-23-15-8(3-2-6-18-15)9-4-5-11(14(17)19-9)24-16-13(22)12(21)10(20)7-25-16/h2-6,10,12-13,16,20-22H,7H2,1H3/t10-,12+,13-,16-/m1/s1. The van der Waals surface area contributed by atoms with Crippen LogP contribution in [0, 0.1) is 0 Å². The molecule has 0 saturated carbocycles. The summed E-state index contributed by atoms with van der Waals surface area (Å²) in [6.45, 7) is 0. The van der Waals surface area contributed by atoms with E-state index in [2.05, 4.69) is 9.97 Å². The number of thioether (sulfide) groups is 1. The molecule has 1 aliphatic heterocycles. The Bertz CT molecular complexity index is 750. The van der Waals surface area contributed by atoms with Crippen LogP contribution in [0.4, 0.5) is 0 Å².